The van der Waals surface area contributed by atoms with Gasteiger partial charge in [0.2, 0.25) is 0 Å². The summed E-state index contributed by atoms with van der Waals surface area (Å²) in [6, 6.07) is 7.11. The second kappa shape index (κ2) is 9.32. The summed E-state index contributed by atoms with van der Waals surface area (Å²) in [4.78, 5) is 20.5. The number of nitrogens with one attached hydrogen (secondary N) is 1. The zero-order chi connectivity index (χ0) is 20.8. The van der Waals surface area contributed by atoms with Gasteiger partial charge in [-0.2, -0.15) is 0 Å². The van der Waals surface area contributed by atoms with Crippen LogP contribution in [0.25, 0.3) is 11.3 Å². The molecular formula is C22H24FN3O3. The van der Waals surface area contributed by atoms with E-state index < -0.39 is 0 Å². The first kappa shape index (κ1) is 20.5. The Bertz CT molecular complexity index is 985. The summed E-state index contributed by atoms with van der Waals surface area (Å²) in [7, 11) is 1.63. The number of ether oxygens (including phenoxy) is 1. The summed E-state index contributed by atoms with van der Waals surface area (Å²) in [5.74, 6) is 0.789. The number of pyridine rings is 1. The van der Waals surface area contributed by atoms with Gasteiger partial charge in [-0.25, -0.2) is 9.37 Å². The van der Waals surface area contributed by atoms with Crippen molar-refractivity contribution in [3.8, 4) is 17.1 Å². The monoisotopic (exact) mass is 397 g/mol. The Hall–Kier alpha value is -3.22. The molecule has 152 valence electrons. The second-order valence-corrected chi connectivity index (χ2v) is 7.01. The fourth-order valence-electron chi connectivity index (χ4n) is 3.11. The van der Waals surface area contributed by atoms with E-state index in [9.17, 15) is 9.18 Å². The summed E-state index contributed by atoms with van der Waals surface area (Å²) < 4.78 is 24.1. The number of halogens is 1. The predicted molar refractivity (Wildman–Crippen MR) is 107 cm³/mol. The van der Waals surface area contributed by atoms with Crippen molar-refractivity contribution in [3.63, 3.8) is 0 Å². The summed E-state index contributed by atoms with van der Waals surface area (Å²) in [6.45, 7) is 4.58. The molecule has 2 aromatic heterocycles. The lowest BCUT2D eigenvalue weighted by Crippen LogP contribution is -2.25. The molecule has 7 heteroatoms. The van der Waals surface area contributed by atoms with Crippen LogP contribution in [-0.2, 0) is 6.42 Å². The van der Waals surface area contributed by atoms with E-state index in [2.05, 4.69) is 29.1 Å². The largest absolute Gasteiger partial charge is 0.496 e. The van der Waals surface area contributed by atoms with Gasteiger partial charge in [-0.3, -0.25) is 9.78 Å². The van der Waals surface area contributed by atoms with Crippen molar-refractivity contribution in [1.29, 1.82) is 0 Å². The molecule has 1 N–H and O–H groups in total. The fourth-order valence-corrected chi connectivity index (χ4v) is 3.11. The predicted octanol–water partition coefficient (Wildman–Crippen LogP) is 4.37. The van der Waals surface area contributed by atoms with Crippen molar-refractivity contribution in [2.75, 3.05) is 13.7 Å². The number of carbonyl (C=O) groups excluding carboxylic acids is 1. The Morgan fingerprint density at radius 2 is 2.10 bits per heavy atom. The standard InChI is InChI=1S/C22H24FN3O3/c1-14(2)18-10-16(6-7-19(18)28-3)21-20(26-13-29-21)22(27)25-8-4-5-15-9-17(23)12-24-11-15/h6-7,9-14H,4-5,8H2,1-3H3,(H,25,27). The molecule has 3 rings (SSSR count). The van der Waals surface area contributed by atoms with Crippen LogP contribution in [0.4, 0.5) is 4.39 Å². The lowest BCUT2D eigenvalue weighted by Gasteiger charge is -2.13. The van der Waals surface area contributed by atoms with Crippen LogP contribution in [0, 0.1) is 5.82 Å². The van der Waals surface area contributed by atoms with Crippen molar-refractivity contribution in [2.24, 2.45) is 0 Å². The van der Waals surface area contributed by atoms with Gasteiger partial charge in [0.05, 0.1) is 13.3 Å². The summed E-state index contributed by atoms with van der Waals surface area (Å²) in [6.07, 6.45) is 5.33. The maximum atomic E-state index is 13.2. The van der Waals surface area contributed by atoms with Crippen molar-refractivity contribution < 1.29 is 18.3 Å². The average molecular weight is 397 g/mol. The molecule has 0 aliphatic rings. The molecule has 1 aromatic carbocycles. The molecule has 0 saturated heterocycles. The summed E-state index contributed by atoms with van der Waals surface area (Å²) in [5.41, 5.74) is 2.82. The van der Waals surface area contributed by atoms with E-state index in [1.54, 1.807) is 13.3 Å². The highest BCUT2D eigenvalue weighted by molar-refractivity contribution is 5.97. The van der Waals surface area contributed by atoms with E-state index in [0.717, 1.165) is 22.4 Å². The van der Waals surface area contributed by atoms with Gasteiger partial charge < -0.3 is 14.5 Å². The smallest absolute Gasteiger partial charge is 0.273 e. The Morgan fingerprint density at radius 1 is 1.28 bits per heavy atom. The number of hydrogen-bond acceptors (Lipinski definition) is 5. The highest BCUT2D eigenvalue weighted by Gasteiger charge is 2.19. The molecule has 0 fully saturated rings. The molecule has 29 heavy (non-hydrogen) atoms. The number of amides is 1. The number of rotatable bonds is 8. The van der Waals surface area contributed by atoms with Gasteiger partial charge in [0.15, 0.2) is 17.8 Å². The van der Waals surface area contributed by atoms with Crippen molar-refractivity contribution >= 4 is 5.91 Å². The van der Waals surface area contributed by atoms with Crippen LogP contribution < -0.4 is 10.1 Å². The molecule has 0 aliphatic heterocycles. The van der Waals surface area contributed by atoms with E-state index in [0.29, 0.717) is 25.1 Å². The Balaban J connectivity index is 1.66. The van der Waals surface area contributed by atoms with Gasteiger partial charge in [-0.1, -0.05) is 13.8 Å². The highest BCUT2D eigenvalue weighted by atomic mass is 19.1. The van der Waals surface area contributed by atoms with Gasteiger partial charge in [-0.05, 0) is 54.2 Å². The van der Waals surface area contributed by atoms with Crippen molar-refractivity contribution in [3.05, 3.63) is 65.7 Å². The number of aromatic nitrogens is 2. The number of hydrogen-bond donors (Lipinski definition) is 1. The van der Waals surface area contributed by atoms with E-state index in [4.69, 9.17) is 9.15 Å². The fraction of sp³-hybridized carbons (Fsp3) is 0.318. The Morgan fingerprint density at radius 3 is 2.83 bits per heavy atom. The molecule has 3 aromatic rings. The van der Waals surface area contributed by atoms with Gasteiger partial charge in [0.1, 0.15) is 11.6 Å². The minimum Gasteiger partial charge on any atom is -0.496 e. The van der Waals surface area contributed by atoms with Gasteiger partial charge in [0.25, 0.3) is 5.91 Å². The van der Waals surface area contributed by atoms with Crippen LogP contribution in [-0.4, -0.2) is 29.5 Å². The van der Waals surface area contributed by atoms with Gasteiger partial charge in [-0.15, -0.1) is 0 Å². The Kier molecular flexibility index (Phi) is 6.59. The van der Waals surface area contributed by atoms with E-state index in [1.165, 1.54) is 18.7 Å². The third-order valence-electron chi connectivity index (χ3n) is 4.59. The summed E-state index contributed by atoms with van der Waals surface area (Å²) in [5, 5.41) is 2.84. The van der Waals surface area contributed by atoms with Gasteiger partial charge >= 0.3 is 0 Å². The van der Waals surface area contributed by atoms with Crippen molar-refractivity contribution in [1.82, 2.24) is 15.3 Å². The number of aryl methyl sites for hydroxylation is 1. The molecule has 6 nitrogen and oxygen atoms in total. The van der Waals surface area contributed by atoms with E-state index in [-0.39, 0.29) is 23.3 Å². The van der Waals surface area contributed by atoms with E-state index in [1.807, 2.05) is 18.2 Å². The zero-order valence-corrected chi connectivity index (χ0v) is 16.7. The number of oxazole rings is 1. The molecule has 1 amide bonds. The summed E-state index contributed by atoms with van der Waals surface area (Å²) >= 11 is 0. The molecule has 0 unspecified atom stereocenters. The second-order valence-electron chi connectivity index (χ2n) is 7.01. The minimum absolute atomic E-state index is 0.234. The quantitative estimate of drug-likeness (QED) is 0.571. The highest BCUT2D eigenvalue weighted by Crippen LogP contribution is 2.32. The maximum Gasteiger partial charge on any atom is 0.273 e. The van der Waals surface area contributed by atoms with Crippen LogP contribution in [0.1, 0.15) is 47.8 Å². The lowest BCUT2D eigenvalue weighted by molar-refractivity contribution is 0.0949. The van der Waals surface area contributed by atoms with E-state index >= 15 is 0 Å². The number of carbonyl (C=O) groups is 1. The van der Waals surface area contributed by atoms with Gasteiger partial charge in [0, 0.05) is 18.3 Å². The molecule has 2 heterocycles. The first-order chi connectivity index (χ1) is 14.0. The number of nitrogens with zero attached hydrogens (tertiary/aromatic N) is 2. The third-order valence-corrected chi connectivity index (χ3v) is 4.59. The molecule has 0 aliphatic carbocycles. The first-order valence-electron chi connectivity index (χ1n) is 9.49. The first-order valence-corrected chi connectivity index (χ1v) is 9.49. The topological polar surface area (TPSA) is 77.2 Å². The zero-order valence-electron chi connectivity index (χ0n) is 16.7. The van der Waals surface area contributed by atoms with Crippen molar-refractivity contribution in [2.45, 2.75) is 32.6 Å². The van der Waals surface area contributed by atoms with Crippen LogP contribution in [0.3, 0.4) is 0 Å². The number of benzene rings is 1. The number of methoxy groups -OCH3 is 1. The molecule has 0 atom stereocenters. The van der Waals surface area contributed by atoms with Crippen LogP contribution in [0.2, 0.25) is 0 Å². The van der Waals surface area contributed by atoms with Crippen LogP contribution in [0.5, 0.6) is 5.75 Å². The van der Waals surface area contributed by atoms with Crippen LogP contribution >= 0.6 is 0 Å². The molecule has 0 bridgehead atoms. The third kappa shape index (κ3) is 4.99. The lowest BCUT2D eigenvalue weighted by atomic mass is 9.98. The molecule has 0 spiro atoms. The molecule has 0 radical (unpaired) electrons. The normalized spacial score (nSPS) is 10.9. The minimum atomic E-state index is -0.362. The maximum absolute atomic E-state index is 13.2. The average Bonchev–Trinajstić information content (AvgIpc) is 3.20. The SMILES string of the molecule is COc1ccc(-c2ocnc2C(=O)NCCCc2cncc(F)c2)cc1C(C)C. The Labute approximate surface area is 169 Å². The molecular weight excluding hydrogens is 373 g/mol. The molecule has 0 saturated carbocycles. The van der Waals surface area contributed by atoms with Crippen LogP contribution in [0.15, 0.2) is 47.5 Å².